The number of carbonyl (C=O) groups excluding carboxylic acids is 9. The van der Waals surface area contributed by atoms with E-state index in [0.717, 1.165) is 44.9 Å². The summed E-state index contributed by atoms with van der Waals surface area (Å²) >= 11 is 0. The molecule has 2 saturated heterocycles. The fourth-order valence-electron chi connectivity index (χ4n) is 13.2. The first kappa shape index (κ1) is 43.8. The zero-order valence-electron chi connectivity index (χ0n) is 39.4. The van der Waals surface area contributed by atoms with Crippen molar-refractivity contribution < 1.29 is 43.2 Å². The van der Waals surface area contributed by atoms with E-state index in [1.807, 2.05) is 48.5 Å². The maximum Gasteiger partial charge on any atom is 0.266 e. The van der Waals surface area contributed by atoms with E-state index >= 15 is 0 Å². The fraction of sp³-hybridized carbons (Fsp3) is 0.197. The minimum absolute atomic E-state index is 0.0629. The van der Waals surface area contributed by atoms with Gasteiger partial charge in [0.1, 0.15) is 0 Å². The van der Waals surface area contributed by atoms with Crippen molar-refractivity contribution >= 4 is 75.8 Å². The summed E-state index contributed by atoms with van der Waals surface area (Å²) in [7, 11) is 0. The molecule has 13 heteroatoms. The van der Waals surface area contributed by atoms with Gasteiger partial charge in [-0.05, 0) is 144 Å². The maximum absolute atomic E-state index is 14.0. The smallest absolute Gasteiger partial charge is 0.266 e. The van der Waals surface area contributed by atoms with E-state index in [0.29, 0.717) is 35.6 Å². The number of nitrogens with zero attached hydrogens (tertiary/aromatic N) is 4. The number of ketones is 1. The Kier molecular flexibility index (Phi) is 9.48. The van der Waals surface area contributed by atoms with Crippen molar-refractivity contribution in [1.82, 2.24) is 0 Å². The molecule has 2 saturated carbocycles. The van der Waals surface area contributed by atoms with E-state index in [1.165, 1.54) is 46.2 Å². The van der Waals surface area contributed by atoms with Crippen LogP contribution in [0.5, 0.6) is 0 Å². The molecule has 0 spiro atoms. The molecule has 360 valence electrons. The van der Waals surface area contributed by atoms with Gasteiger partial charge in [-0.2, -0.15) is 0 Å². The van der Waals surface area contributed by atoms with Gasteiger partial charge in [-0.3, -0.25) is 53.0 Å². The lowest BCUT2D eigenvalue weighted by atomic mass is 9.85. The first-order chi connectivity index (χ1) is 35.9. The number of fused-ring (bicyclic) bond motifs is 12. The van der Waals surface area contributed by atoms with Gasteiger partial charge in [-0.15, -0.1) is 0 Å². The molecule has 4 heterocycles. The molecule has 8 unspecified atom stereocenters. The lowest BCUT2D eigenvalue weighted by molar-refractivity contribution is -0.124. The molecule has 4 aliphatic heterocycles. The molecule has 13 nitrogen and oxygen atoms in total. The second-order valence-corrected chi connectivity index (χ2v) is 20.8. The van der Waals surface area contributed by atoms with E-state index in [9.17, 15) is 43.2 Å². The largest absolute Gasteiger partial charge is 0.289 e. The Bertz CT molecular complexity index is 3350. The van der Waals surface area contributed by atoms with Gasteiger partial charge in [0.15, 0.2) is 5.78 Å². The molecular weight excluding hydrogens is 933 g/mol. The van der Waals surface area contributed by atoms with Gasteiger partial charge in [0.05, 0.1) is 68.7 Å². The van der Waals surface area contributed by atoms with Gasteiger partial charge >= 0.3 is 0 Å². The van der Waals surface area contributed by atoms with E-state index in [2.05, 4.69) is 24.3 Å². The van der Waals surface area contributed by atoms with E-state index < -0.39 is 29.4 Å². The highest BCUT2D eigenvalue weighted by atomic mass is 16.2. The number of hydrogen-bond donors (Lipinski definition) is 0. The molecule has 6 aromatic carbocycles. The van der Waals surface area contributed by atoms with E-state index in [1.54, 1.807) is 48.5 Å². The van der Waals surface area contributed by atoms with Crippen LogP contribution in [0.3, 0.4) is 0 Å². The molecular formula is C61H42N4O9. The molecule has 8 atom stereocenters. The third-order valence-electron chi connectivity index (χ3n) is 16.8. The second-order valence-electron chi connectivity index (χ2n) is 20.8. The highest BCUT2D eigenvalue weighted by Gasteiger charge is 2.61. The number of amides is 8. The summed E-state index contributed by atoms with van der Waals surface area (Å²) < 4.78 is 0. The highest BCUT2D eigenvalue weighted by molar-refractivity contribution is 6.36. The molecule has 0 radical (unpaired) electrons. The summed E-state index contributed by atoms with van der Waals surface area (Å²) in [6.07, 6.45) is 11.1. The normalized spacial score (nSPS) is 25.6. The van der Waals surface area contributed by atoms with Crippen LogP contribution in [0.25, 0.3) is 0 Å². The topological polar surface area (TPSA) is 167 Å². The first-order valence-corrected chi connectivity index (χ1v) is 25.0. The predicted molar refractivity (Wildman–Crippen MR) is 270 cm³/mol. The summed E-state index contributed by atoms with van der Waals surface area (Å²) in [5.74, 6) is -3.75. The molecule has 0 N–H and O–H groups in total. The number of rotatable bonds is 10. The monoisotopic (exact) mass is 974 g/mol. The number of anilines is 4. The molecule has 8 amide bonds. The average molecular weight is 975 g/mol. The number of hydrogen-bond acceptors (Lipinski definition) is 9. The van der Waals surface area contributed by atoms with Crippen LogP contribution in [0.15, 0.2) is 158 Å². The summed E-state index contributed by atoms with van der Waals surface area (Å²) in [5.41, 5.74) is 6.23. The Morgan fingerprint density at radius 3 is 0.905 bits per heavy atom. The van der Waals surface area contributed by atoms with Gasteiger partial charge in [0, 0.05) is 11.1 Å². The number of imide groups is 4. The van der Waals surface area contributed by atoms with E-state index in [4.69, 9.17) is 0 Å². The van der Waals surface area contributed by atoms with Crippen molar-refractivity contribution in [1.29, 1.82) is 0 Å². The minimum Gasteiger partial charge on any atom is -0.289 e. The van der Waals surface area contributed by atoms with Gasteiger partial charge in [0.2, 0.25) is 23.6 Å². The molecule has 4 bridgehead atoms. The fourth-order valence-corrected chi connectivity index (χ4v) is 13.2. The number of allylic oxidation sites excluding steroid dienone is 4. The SMILES string of the molecule is O=C(c1ccc2c(c1)C(=O)N(c1ccc(Cc3ccc(N4C(=O)C5C6C=CC(C6)C5C4=O)cc3)cc1)C2=O)c1ccc2c(c1)C(=O)N(c1ccc(Cc3ccc(N4C(=O)C5C6C=CC(C6)C5C4=O)cc3)cc1)C2=O. The second kappa shape index (κ2) is 16.0. The van der Waals surface area contributed by atoms with Gasteiger partial charge in [-0.25, -0.2) is 9.80 Å². The summed E-state index contributed by atoms with van der Waals surface area (Å²) in [4.78, 5) is 127. The van der Waals surface area contributed by atoms with Crippen molar-refractivity contribution in [3.63, 3.8) is 0 Å². The summed E-state index contributed by atoms with van der Waals surface area (Å²) in [5, 5.41) is 0. The van der Waals surface area contributed by atoms with Crippen LogP contribution in [0.2, 0.25) is 0 Å². The van der Waals surface area contributed by atoms with Gasteiger partial charge < -0.3 is 0 Å². The summed E-state index contributed by atoms with van der Waals surface area (Å²) in [6.45, 7) is 0. The molecule has 4 fully saturated rings. The van der Waals surface area contributed by atoms with Gasteiger partial charge in [-0.1, -0.05) is 85.0 Å². The lowest BCUT2D eigenvalue weighted by Gasteiger charge is -2.18. The van der Waals surface area contributed by atoms with Crippen molar-refractivity contribution in [3.05, 3.63) is 213 Å². The molecule has 8 aliphatic rings. The maximum atomic E-state index is 14.0. The molecule has 14 rings (SSSR count). The molecule has 0 aromatic heterocycles. The van der Waals surface area contributed by atoms with Crippen LogP contribution in [0.1, 0.15) is 92.4 Å². The first-order valence-electron chi connectivity index (χ1n) is 25.0. The van der Waals surface area contributed by atoms with Crippen molar-refractivity contribution in [2.75, 3.05) is 19.6 Å². The number of carbonyl (C=O) groups is 9. The van der Waals surface area contributed by atoms with Crippen LogP contribution in [-0.2, 0) is 32.0 Å². The van der Waals surface area contributed by atoms with Gasteiger partial charge in [0.25, 0.3) is 23.6 Å². The zero-order chi connectivity index (χ0) is 50.4. The Hall–Kier alpha value is -8.97. The Balaban J connectivity index is 0.617. The van der Waals surface area contributed by atoms with Crippen LogP contribution in [0.4, 0.5) is 22.7 Å². The van der Waals surface area contributed by atoms with Crippen LogP contribution in [0, 0.1) is 47.3 Å². The minimum atomic E-state index is -0.588. The van der Waals surface area contributed by atoms with E-state index in [-0.39, 0.29) is 104 Å². The Morgan fingerprint density at radius 1 is 0.338 bits per heavy atom. The lowest BCUT2D eigenvalue weighted by Crippen LogP contribution is -2.32. The van der Waals surface area contributed by atoms with Crippen LogP contribution in [-0.4, -0.2) is 53.0 Å². The van der Waals surface area contributed by atoms with Crippen molar-refractivity contribution in [2.45, 2.75) is 25.7 Å². The molecule has 74 heavy (non-hydrogen) atoms. The Labute approximate surface area is 423 Å². The quantitative estimate of drug-likeness (QED) is 0.0745. The molecule has 6 aromatic rings. The third kappa shape index (κ3) is 6.38. The zero-order valence-corrected chi connectivity index (χ0v) is 39.4. The third-order valence-corrected chi connectivity index (χ3v) is 16.8. The van der Waals surface area contributed by atoms with Crippen LogP contribution < -0.4 is 19.6 Å². The molecule has 4 aliphatic carbocycles. The predicted octanol–water partition coefficient (Wildman–Crippen LogP) is 8.32. The van der Waals surface area contributed by atoms with Crippen LogP contribution >= 0.6 is 0 Å². The standard InChI is InChI=1S/C61H42N4O9/c66-53(39-13-23-45-47(29-39)56(69)62(54(45)67)41-15-1-31(2-16-41)25-33-5-19-43(20-6-33)64-58(71)49-35-9-10-36(27-35)50(49)59(64)72)40-14-24-46-48(30-40)57(70)63(55(46)68)42-17-3-32(4-18-42)26-34-7-21-44(22-8-34)65-60(73)51-37-11-12-38(28-37)52(51)61(65)74/h1-24,29-30,35-38,49-52H,25-28H2. The van der Waals surface area contributed by atoms with Crippen molar-refractivity contribution in [2.24, 2.45) is 47.3 Å². The van der Waals surface area contributed by atoms with Crippen molar-refractivity contribution in [3.8, 4) is 0 Å². The Morgan fingerprint density at radius 2 is 0.608 bits per heavy atom. The number of benzene rings is 6. The highest BCUT2D eigenvalue weighted by Crippen LogP contribution is 2.54. The summed E-state index contributed by atoms with van der Waals surface area (Å²) in [6, 6.07) is 37.4. The average Bonchev–Trinajstić information content (AvgIpc) is 4.33.